The van der Waals surface area contributed by atoms with Crippen LogP contribution in [0.1, 0.15) is 10.4 Å². The highest BCUT2D eigenvalue weighted by molar-refractivity contribution is 7.22. The minimum atomic E-state index is 0.0706. The van der Waals surface area contributed by atoms with Crippen LogP contribution in [0.15, 0.2) is 35.7 Å². The predicted molar refractivity (Wildman–Crippen MR) is 112 cm³/mol. The summed E-state index contributed by atoms with van der Waals surface area (Å²) in [5.74, 6) is 0.0706. The van der Waals surface area contributed by atoms with Crippen molar-refractivity contribution in [2.75, 3.05) is 31.1 Å². The van der Waals surface area contributed by atoms with E-state index in [2.05, 4.69) is 11.8 Å². The second-order valence-corrected chi connectivity index (χ2v) is 8.56. The topological polar surface area (TPSA) is 36.4 Å². The Morgan fingerprint density at radius 1 is 1.23 bits per heavy atom. The van der Waals surface area contributed by atoms with Crippen molar-refractivity contribution in [3.63, 3.8) is 0 Å². The van der Waals surface area contributed by atoms with Gasteiger partial charge in [-0.05, 0) is 36.1 Å². The third-order valence-electron chi connectivity index (χ3n) is 4.48. The molecule has 3 heterocycles. The lowest BCUT2D eigenvalue weighted by molar-refractivity contribution is -0.126. The van der Waals surface area contributed by atoms with Gasteiger partial charge in [-0.1, -0.05) is 35.1 Å². The number of aromatic nitrogens is 1. The van der Waals surface area contributed by atoms with E-state index in [-0.39, 0.29) is 5.91 Å². The molecule has 134 valence electrons. The number of anilines is 1. The number of piperazine rings is 1. The average Bonchev–Trinajstić information content (AvgIpc) is 3.33. The average molecular weight is 404 g/mol. The van der Waals surface area contributed by atoms with Crippen LogP contribution in [0.5, 0.6) is 0 Å². The van der Waals surface area contributed by atoms with Gasteiger partial charge >= 0.3 is 0 Å². The van der Waals surface area contributed by atoms with Crippen molar-refractivity contribution in [2.45, 2.75) is 6.92 Å². The lowest BCUT2D eigenvalue weighted by Crippen LogP contribution is -2.48. The van der Waals surface area contributed by atoms with Crippen LogP contribution in [0.3, 0.4) is 0 Å². The van der Waals surface area contributed by atoms with E-state index in [4.69, 9.17) is 16.6 Å². The highest BCUT2D eigenvalue weighted by atomic mass is 35.5. The van der Waals surface area contributed by atoms with Gasteiger partial charge in [0.1, 0.15) is 0 Å². The molecule has 1 aliphatic heterocycles. The Hall–Kier alpha value is -1.89. The summed E-state index contributed by atoms with van der Waals surface area (Å²) in [4.78, 5) is 22.4. The molecule has 1 aliphatic rings. The number of hydrogen-bond acceptors (Lipinski definition) is 5. The summed E-state index contributed by atoms with van der Waals surface area (Å²) in [5, 5.41) is 3.74. The maximum Gasteiger partial charge on any atom is 0.246 e. The molecular formula is C19H18ClN3OS2. The Kier molecular flexibility index (Phi) is 4.98. The first-order chi connectivity index (χ1) is 12.6. The van der Waals surface area contributed by atoms with E-state index in [1.165, 1.54) is 0 Å². The molecule has 1 amide bonds. The Labute approximate surface area is 165 Å². The first-order valence-electron chi connectivity index (χ1n) is 8.43. The standard InChI is InChI=1S/C19H18ClN3OS2/c1-13-4-6-15(20)18-17(13)21-19(26-18)23-10-8-22(9-11-23)16(24)7-5-14-3-2-12-25-14/h2-7,12H,8-11H2,1H3/b7-5+. The molecular weight excluding hydrogens is 386 g/mol. The molecule has 1 saturated heterocycles. The second-order valence-electron chi connectivity index (χ2n) is 6.20. The number of benzene rings is 1. The molecule has 3 aromatic rings. The summed E-state index contributed by atoms with van der Waals surface area (Å²) in [7, 11) is 0. The number of hydrogen-bond donors (Lipinski definition) is 0. The van der Waals surface area contributed by atoms with Crippen molar-refractivity contribution in [2.24, 2.45) is 0 Å². The molecule has 0 atom stereocenters. The van der Waals surface area contributed by atoms with Gasteiger partial charge < -0.3 is 9.80 Å². The third-order valence-corrected chi connectivity index (χ3v) is 6.90. The normalized spacial score (nSPS) is 15.3. The van der Waals surface area contributed by atoms with E-state index in [1.54, 1.807) is 28.7 Å². The Morgan fingerprint density at radius 2 is 2.04 bits per heavy atom. The van der Waals surface area contributed by atoms with Crippen molar-refractivity contribution in [1.29, 1.82) is 0 Å². The first-order valence-corrected chi connectivity index (χ1v) is 10.5. The van der Waals surface area contributed by atoms with Crippen molar-refractivity contribution in [1.82, 2.24) is 9.88 Å². The monoisotopic (exact) mass is 403 g/mol. The van der Waals surface area contributed by atoms with Gasteiger partial charge in [0, 0.05) is 37.1 Å². The molecule has 0 spiro atoms. The predicted octanol–water partition coefficient (Wildman–Crippen LogP) is 4.68. The molecule has 0 bridgehead atoms. The summed E-state index contributed by atoms with van der Waals surface area (Å²) >= 11 is 9.57. The highest BCUT2D eigenvalue weighted by Gasteiger charge is 2.22. The van der Waals surface area contributed by atoms with Gasteiger partial charge in [-0.25, -0.2) is 4.98 Å². The van der Waals surface area contributed by atoms with Gasteiger partial charge in [-0.2, -0.15) is 0 Å². The van der Waals surface area contributed by atoms with Crippen LogP contribution in [-0.2, 0) is 4.79 Å². The molecule has 1 aromatic carbocycles. The molecule has 1 fully saturated rings. The smallest absolute Gasteiger partial charge is 0.246 e. The Bertz CT molecular complexity index is 918. The minimum absolute atomic E-state index is 0.0706. The molecule has 0 saturated carbocycles. The summed E-state index contributed by atoms with van der Waals surface area (Å²) in [6.07, 6.45) is 3.56. The van der Waals surface area contributed by atoms with E-state index in [0.717, 1.165) is 43.9 Å². The third kappa shape index (κ3) is 3.49. The van der Waals surface area contributed by atoms with E-state index in [0.29, 0.717) is 13.1 Å². The van der Waals surface area contributed by atoms with E-state index in [1.807, 2.05) is 40.6 Å². The minimum Gasteiger partial charge on any atom is -0.345 e. The summed E-state index contributed by atoms with van der Waals surface area (Å²) in [6.45, 7) is 5.04. The molecule has 7 heteroatoms. The molecule has 0 aliphatic carbocycles. The highest BCUT2D eigenvalue weighted by Crippen LogP contribution is 2.35. The number of thiazole rings is 1. The SMILES string of the molecule is Cc1ccc(Cl)c2sc(N3CCN(C(=O)/C=C/c4cccs4)CC3)nc12. The van der Waals surface area contributed by atoms with Gasteiger partial charge in [0.25, 0.3) is 0 Å². The fourth-order valence-electron chi connectivity index (χ4n) is 2.99. The molecule has 0 N–H and O–H groups in total. The van der Waals surface area contributed by atoms with Crippen molar-refractivity contribution in [3.05, 3.63) is 51.2 Å². The Morgan fingerprint density at radius 3 is 2.73 bits per heavy atom. The number of fused-ring (bicyclic) bond motifs is 1. The van der Waals surface area contributed by atoms with Crippen LogP contribution in [0, 0.1) is 6.92 Å². The molecule has 26 heavy (non-hydrogen) atoms. The van der Waals surface area contributed by atoms with Crippen LogP contribution in [0.2, 0.25) is 5.02 Å². The number of carbonyl (C=O) groups excluding carboxylic acids is 1. The zero-order chi connectivity index (χ0) is 18.1. The molecule has 0 radical (unpaired) electrons. The van der Waals surface area contributed by atoms with Gasteiger partial charge in [0.15, 0.2) is 5.13 Å². The van der Waals surface area contributed by atoms with Gasteiger partial charge in [0.05, 0.1) is 15.2 Å². The zero-order valence-electron chi connectivity index (χ0n) is 14.3. The number of amides is 1. The first kappa shape index (κ1) is 17.5. The number of halogens is 1. The summed E-state index contributed by atoms with van der Waals surface area (Å²) in [5.41, 5.74) is 2.12. The van der Waals surface area contributed by atoms with Crippen LogP contribution in [-0.4, -0.2) is 42.0 Å². The van der Waals surface area contributed by atoms with Crippen LogP contribution in [0.4, 0.5) is 5.13 Å². The summed E-state index contributed by atoms with van der Waals surface area (Å²) in [6, 6.07) is 7.93. The quantitative estimate of drug-likeness (QED) is 0.595. The number of rotatable bonds is 3. The lowest BCUT2D eigenvalue weighted by atomic mass is 10.2. The Balaban J connectivity index is 1.43. The summed E-state index contributed by atoms with van der Waals surface area (Å²) < 4.78 is 1.04. The van der Waals surface area contributed by atoms with Crippen molar-refractivity contribution < 1.29 is 4.79 Å². The van der Waals surface area contributed by atoms with Gasteiger partial charge in [-0.3, -0.25) is 4.79 Å². The number of carbonyl (C=O) groups is 1. The molecule has 2 aromatic heterocycles. The second kappa shape index (κ2) is 7.39. The van der Waals surface area contributed by atoms with Crippen LogP contribution >= 0.6 is 34.3 Å². The maximum atomic E-state index is 12.4. The zero-order valence-corrected chi connectivity index (χ0v) is 16.7. The molecule has 0 unspecified atom stereocenters. The largest absolute Gasteiger partial charge is 0.345 e. The fourth-order valence-corrected chi connectivity index (χ4v) is 4.98. The van der Waals surface area contributed by atoms with Crippen molar-refractivity contribution in [3.8, 4) is 0 Å². The van der Waals surface area contributed by atoms with E-state index in [9.17, 15) is 4.79 Å². The van der Waals surface area contributed by atoms with Crippen LogP contribution < -0.4 is 4.90 Å². The number of thiophene rings is 1. The number of aryl methyl sites for hydroxylation is 1. The van der Waals surface area contributed by atoms with Crippen molar-refractivity contribution >= 4 is 61.6 Å². The van der Waals surface area contributed by atoms with Crippen LogP contribution in [0.25, 0.3) is 16.3 Å². The van der Waals surface area contributed by atoms with Gasteiger partial charge in [0.2, 0.25) is 5.91 Å². The van der Waals surface area contributed by atoms with E-state index < -0.39 is 0 Å². The fraction of sp³-hybridized carbons (Fsp3) is 0.263. The van der Waals surface area contributed by atoms with Gasteiger partial charge in [-0.15, -0.1) is 11.3 Å². The molecule has 4 rings (SSSR count). The molecule has 4 nitrogen and oxygen atoms in total. The lowest BCUT2D eigenvalue weighted by Gasteiger charge is -2.34. The maximum absolute atomic E-state index is 12.4. The van der Waals surface area contributed by atoms with E-state index >= 15 is 0 Å². The number of nitrogens with zero attached hydrogens (tertiary/aromatic N) is 3.